The molecule has 0 saturated heterocycles. The molecule has 18 heavy (non-hydrogen) atoms. The third kappa shape index (κ3) is 2.54. The predicted molar refractivity (Wildman–Crippen MR) is 70.0 cm³/mol. The number of hydrogen-bond acceptors (Lipinski definition) is 2. The molecule has 0 saturated carbocycles. The number of nitrogens with zero attached hydrogens (tertiary/aromatic N) is 2. The lowest BCUT2D eigenvalue weighted by molar-refractivity contribution is 0.569. The van der Waals surface area contributed by atoms with Crippen LogP contribution in [0, 0.1) is 12.7 Å². The van der Waals surface area contributed by atoms with Crippen LogP contribution in [0.4, 0.5) is 4.39 Å². The van der Waals surface area contributed by atoms with Gasteiger partial charge in [0.15, 0.2) is 0 Å². The summed E-state index contributed by atoms with van der Waals surface area (Å²) in [6, 6.07) is 6.05. The molecule has 0 aliphatic carbocycles. The standard InChI is InChI=1S/C13H15ClFN3/c1-8-6-9(18(2)17-8)7-12(16)13-10(14)4-3-5-11(13)15/h3-6,12H,7,16H2,1-2H3. The number of aromatic nitrogens is 2. The highest BCUT2D eigenvalue weighted by Gasteiger charge is 2.17. The van der Waals surface area contributed by atoms with Crippen molar-refractivity contribution in [3.63, 3.8) is 0 Å². The maximum atomic E-state index is 13.7. The number of nitrogens with two attached hydrogens (primary N) is 1. The number of halogens is 2. The smallest absolute Gasteiger partial charge is 0.129 e. The minimum Gasteiger partial charge on any atom is -0.323 e. The Hall–Kier alpha value is -1.39. The lowest BCUT2D eigenvalue weighted by atomic mass is 10.0. The zero-order valence-corrected chi connectivity index (χ0v) is 11.1. The van der Waals surface area contributed by atoms with Crippen molar-refractivity contribution in [2.75, 3.05) is 0 Å². The minimum atomic E-state index is -0.478. The minimum absolute atomic E-state index is 0.359. The van der Waals surface area contributed by atoms with Crippen LogP contribution in [0.1, 0.15) is 23.0 Å². The van der Waals surface area contributed by atoms with E-state index < -0.39 is 6.04 Å². The van der Waals surface area contributed by atoms with Gasteiger partial charge in [0.2, 0.25) is 0 Å². The van der Waals surface area contributed by atoms with E-state index in [4.69, 9.17) is 17.3 Å². The van der Waals surface area contributed by atoms with E-state index in [9.17, 15) is 4.39 Å². The SMILES string of the molecule is Cc1cc(CC(N)c2c(F)cccc2Cl)n(C)n1. The summed E-state index contributed by atoms with van der Waals surface area (Å²) in [7, 11) is 1.85. The van der Waals surface area contributed by atoms with Crippen molar-refractivity contribution in [3.05, 3.63) is 52.1 Å². The van der Waals surface area contributed by atoms with Crippen LogP contribution in [0.25, 0.3) is 0 Å². The summed E-state index contributed by atoms with van der Waals surface area (Å²) >= 11 is 5.99. The van der Waals surface area contributed by atoms with Crippen LogP contribution < -0.4 is 5.73 Å². The van der Waals surface area contributed by atoms with Gasteiger partial charge in [-0.25, -0.2) is 4.39 Å². The van der Waals surface area contributed by atoms with Crippen LogP contribution >= 0.6 is 11.6 Å². The number of benzene rings is 1. The van der Waals surface area contributed by atoms with Crippen molar-refractivity contribution < 1.29 is 4.39 Å². The van der Waals surface area contributed by atoms with Gasteiger partial charge in [-0.3, -0.25) is 4.68 Å². The Bertz CT molecular complexity index is 545. The van der Waals surface area contributed by atoms with Gasteiger partial charge in [0.05, 0.1) is 5.69 Å². The average molecular weight is 268 g/mol. The van der Waals surface area contributed by atoms with Crippen LogP contribution in [0.3, 0.4) is 0 Å². The second kappa shape index (κ2) is 5.08. The van der Waals surface area contributed by atoms with Crippen molar-refractivity contribution >= 4 is 11.6 Å². The second-order valence-corrected chi connectivity index (χ2v) is 4.75. The van der Waals surface area contributed by atoms with Crippen LogP contribution in [0.15, 0.2) is 24.3 Å². The maximum absolute atomic E-state index is 13.7. The normalized spacial score (nSPS) is 12.7. The fourth-order valence-electron chi connectivity index (χ4n) is 2.05. The molecule has 1 aromatic carbocycles. The van der Waals surface area contributed by atoms with Gasteiger partial charge in [-0.15, -0.1) is 0 Å². The maximum Gasteiger partial charge on any atom is 0.129 e. The highest BCUT2D eigenvalue weighted by atomic mass is 35.5. The van der Waals surface area contributed by atoms with Gasteiger partial charge in [-0.05, 0) is 25.1 Å². The molecular formula is C13H15ClFN3. The van der Waals surface area contributed by atoms with E-state index in [1.54, 1.807) is 16.8 Å². The molecule has 0 amide bonds. The van der Waals surface area contributed by atoms with Crippen LogP contribution in [-0.2, 0) is 13.5 Å². The van der Waals surface area contributed by atoms with Crippen molar-refractivity contribution in [1.82, 2.24) is 9.78 Å². The summed E-state index contributed by atoms with van der Waals surface area (Å²) in [6.07, 6.45) is 0.498. The molecule has 0 spiro atoms. The monoisotopic (exact) mass is 267 g/mol. The molecular weight excluding hydrogens is 253 g/mol. The van der Waals surface area contributed by atoms with E-state index in [2.05, 4.69) is 5.10 Å². The quantitative estimate of drug-likeness (QED) is 0.929. The molecule has 1 heterocycles. The lowest BCUT2D eigenvalue weighted by Gasteiger charge is -2.14. The zero-order valence-electron chi connectivity index (χ0n) is 10.3. The fraction of sp³-hybridized carbons (Fsp3) is 0.308. The third-order valence-electron chi connectivity index (χ3n) is 2.90. The van der Waals surface area contributed by atoms with Crippen molar-refractivity contribution in [1.29, 1.82) is 0 Å². The Morgan fingerprint density at radius 3 is 2.78 bits per heavy atom. The average Bonchev–Trinajstić information content (AvgIpc) is 2.57. The molecule has 0 radical (unpaired) electrons. The van der Waals surface area contributed by atoms with Gasteiger partial charge < -0.3 is 5.73 Å². The first kappa shape index (κ1) is 13.1. The Morgan fingerprint density at radius 2 is 2.22 bits per heavy atom. The zero-order chi connectivity index (χ0) is 13.3. The first-order valence-corrected chi connectivity index (χ1v) is 6.06. The fourth-order valence-corrected chi connectivity index (χ4v) is 2.35. The summed E-state index contributed by atoms with van der Waals surface area (Å²) < 4.78 is 15.5. The van der Waals surface area contributed by atoms with Crippen molar-refractivity contribution in [2.45, 2.75) is 19.4 Å². The number of aryl methyl sites for hydroxylation is 2. The van der Waals surface area contributed by atoms with Crippen LogP contribution in [0.2, 0.25) is 5.02 Å². The Kier molecular flexibility index (Phi) is 3.68. The lowest BCUT2D eigenvalue weighted by Crippen LogP contribution is -2.17. The van der Waals surface area contributed by atoms with Gasteiger partial charge >= 0.3 is 0 Å². The Labute approximate surface area is 110 Å². The van der Waals surface area contributed by atoms with Gasteiger partial charge in [-0.2, -0.15) is 5.10 Å². The second-order valence-electron chi connectivity index (χ2n) is 4.35. The van der Waals surface area contributed by atoms with Gasteiger partial charge in [0, 0.05) is 35.8 Å². The van der Waals surface area contributed by atoms with E-state index in [1.807, 2.05) is 20.0 Å². The Morgan fingerprint density at radius 1 is 1.50 bits per heavy atom. The molecule has 1 aromatic heterocycles. The first-order valence-electron chi connectivity index (χ1n) is 5.68. The summed E-state index contributed by atoms with van der Waals surface area (Å²) in [5.41, 5.74) is 8.27. The number of rotatable bonds is 3. The van der Waals surface area contributed by atoms with E-state index in [1.165, 1.54) is 6.07 Å². The van der Waals surface area contributed by atoms with E-state index >= 15 is 0 Å². The molecule has 2 rings (SSSR count). The molecule has 2 aromatic rings. The Balaban J connectivity index is 2.27. The van der Waals surface area contributed by atoms with Crippen LogP contribution in [-0.4, -0.2) is 9.78 Å². The third-order valence-corrected chi connectivity index (χ3v) is 3.23. The van der Waals surface area contributed by atoms with Gasteiger partial charge in [0.1, 0.15) is 5.82 Å². The van der Waals surface area contributed by atoms with Gasteiger partial charge in [0.25, 0.3) is 0 Å². The summed E-state index contributed by atoms with van der Waals surface area (Å²) in [4.78, 5) is 0. The number of hydrogen-bond donors (Lipinski definition) is 1. The highest BCUT2D eigenvalue weighted by Crippen LogP contribution is 2.26. The highest BCUT2D eigenvalue weighted by molar-refractivity contribution is 6.31. The van der Waals surface area contributed by atoms with Crippen molar-refractivity contribution in [3.8, 4) is 0 Å². The molecule has 1 unspecified atom stereocenters. The molecule has 3 nitrogen and oxygen atoms in total. The van der Waals surface area contributed by atoms with Crippen molar-refractivity contribution in [2.24, 2.45) is 12.8 Å². The molecule has 5 heteroatoms. The summed E-state index contributed by atoms with van der Waals surface area (Å²) in [5.74, 6) is -0.367. The van der Waals surface area contributed by atoms with E-state index in [0.29, 0.717) is 17.0 Å². The topological polar surface area (TPSA) is 43.8 Å². The molecule has 0 fully saturated rings. The summed E-state index contributed by atoms with van der Waals surface area (Å²) in [6.45, 7) is 1.91. The summed E-state index contributed by atoms with van der Waals surface area (Å²) in [5, 5.41) is 4.60. The van der Waals surface area contributed by atoms with Gasteiger partial charge in [-0.1, -0.05) is 17.7 Å². The molecule has 1 atom stereocenters. The molecule has 0 bridgehead atoms. The van der Waals surface area contributed by atoms with E-state index in [0.717, 1.165) is 11.4 Å². The largest absolute Gasteiger partial charge is 0.323 e. The predicted octanol–water partition coefficient (Wildman–Crippen LogP) is 2.76. The van der Waals surface area contributed by atoms with E-state index in [-0.39, 0.29) is 5.82 Å². The first-order chi connectivity index (χ1) is 8.49. The molecule has 0 aliphatic heterocycles. The molecule has 0 aliphatic rings. The van der Waals surface area contributed by atoms with Crippen LogP contribution in [0.5, 0.6) is 0 Å². The molecule has 96 valence electrons. The molecule has 2 N–H and O–H groups in total.